The summed E-state index contributed by atoms with van der Waals surface area (Å²) in [6, 6.07) is 17.3. The summed E-state index contributed by atoms with van der Waals surface area (Å²) in [6.07, 6.45) is 8.33. The van der Waals surface area contributed by atoms with E-state index in [0.717, 1.165) is 0 Å². The van der Waals surface area contributed by atoms with Gasteiger partial charge in [-0.1, -0.05) is 72.8 Å². The van der Waals surface area contributed by atoms with Crippen LogP contribution in [-0.2, 0) is 0 Å². The Bertz CT molecular complexity index is 486. The van der Waals surface area contributed by atoms with Crippen LogP contribution in [0.1, 0.15) is 25.0 Å². The molecule has 0 atom stereocenters. The average molecular weight is 234 g/mol. The van der Waals surface area contributed by atoms with Gasteiger partial charge in [0.25, 0.3) is 0 Å². The predicted octanol–water partition coefficient (Wildman–Crippen LogP) is 5.42. The topological polar surface area (TPSA) is 0 Å². The van der Waals surface area contributed by atoms with Gasteiger partial charge in [-0.15, -0.1) is 0 Å². The minimum absolute atomic E-state index is 1.24. The van der Waals surface area contributed by atoms with E-state index in [-0.39, 0.29) is 0 Å². The van der Waals surface area contributed by atoms with Gasteiger partial charge < -0.3 is 0 Å². The van der Waals surface area contributed by atoms with Gasteiger partial charge in [0.2, 0.25) is 0 Å². The van der Waals surface area contributed by atoms with Crippen LogP contribution < -0.4 is 0 Å². The molecule has 0 aromatic heterocycles. The fourth-order valence-electron chi connectivity index (χ4n) is 1.96. The zero-order chi connectivity index (χ0) is 12.8. The van der Waals surface area contributed by atoms with Crippen molar-refractivity contribution < 1.29 is 0 Å². The highest BCUT2D eigenvalue weighted by Crippen LogP contribution is 2.21. The maximum absolute atomic E-state index is 2.17. The molecule has 0 amide bonds. The van der Waals surface area contributed by atoms with Crippen LogP contribution in [0.25, 0.3) is 23.3 Å². The molecular weight excluding hydrogens is 216 g/mol. The summed E-state index contributed by atoms with van der Waals surface area (Å²) >= 11 is 0. The van der Waals surface area contributed by atoms with E-state index < -0.39 is 0 Å². The Hall–Kier alpha value is -2.08. The van der Waals surface area contributed by atoms with E-state index in [4.69, 9.17) is 0 Å². The molecule has 0 nitrogen and oxygen atoms in total. The third-order valence-corrected chi connectivity index (χ3v) is 2.87. The lowest BCUT2D eigenvalue weighted by atomic mass is 10.0. The molecule has 2 aromatic carbocycles. The zero-order valence-corrected chi connectivity index (χ0v) is 10.9. The smallest absolute Gasteiger partial charge is 0.0184 e. The molecule has 2 rings (SSSR count). The van der Waals surface area contributed by atoms with Gasteiger partial charge in [-0.05, 0) is 36.1 Å². The number of allylic oxidation sites excluding steroid dienone is 2. The Labute approximate surface area is 109 Å². The molecule has 0 spiro atoms. The van der Waals surface area contributed by atoms with E-state index in [9.17, 15) is 0 Å². The largest absolute Gasteiger partial charge is 0.0871 e. The minimum atomic E-state index is 1.24. The van der Waals surface area contributed by atoms with E-state index >= 15 is 0 Å². The van der Waals surface area contributed by atoms with Gasteiger partial charge in [-0.3, -0.25) is 0 Å². The fraction of sp³-hybridized carbons (Fsp3) is 0.111. The molecule has 90 valence electrons. The highest BCUT2D eigenvalue weighted by Gasteiger charge is 1.96. The van der Waals surface area contributed by atoms with Crippen LogP contribution >= 0.6 is 0 Å². The summed E-state index contributed by atoms with van der Waals surface area (Å²) < 4.78 is 0. The van der Waals surface area contributed by atoms with Gasteiger partial charge >= 0.3 is 0 Å². The van der Waals surface area contributed by atoms with Crippen LogP contribution in [0.2, 0.25) is 0 Å². The van der Waals surface area contributed by atoms with E-state index in [1.807, 2.05) is 13.8 Å². The maximum atomic E-state index is 2.17. The molecule has 0 radical (unpaired) electrons. The van der Waals surface area contributed by atoms with Crippen LogP contribution in [0.5, 0.6) is 0 Å². The number of hydrogen-bond donors (Lipinski definition) is 0. The van der Waals surface area contributed by atoms with Gasteiger partial charge in [-0.25, -0.2) is 0 Å². The molecule has 0 saturated carbocycles. The molecule has 0 heterocycles. The number of benzene rings is 2. The third kappa shape index (κ3) is 2.98. The quantitative estimate of drug-likeness (QED) is 0.665. The van der Waals surface area contributed by atoms with Crippen LogP contribution in [0.15, 0.2) is 60.7 Å². The van der Waals surface area contributed by atoms with E-state index in [1.165, 1.54) is 22.3 Å². The lowest BCUT2D eigenvalue weighted by molar-refractivity contribution is 1.58. The summed E-state index contributed by atoms with van der Waals surface area (Å²) in [5.74, 6) is 0. The van der Waals surface area contributed by atoms with Gasteiger partial charge in [0.1, 0.15) is 0 Å². The second-order valence-electron chi connectivity index (χ2n) is 4.24. The second kappa shape index (κ2) is 6.02. The molecule has 2 aromatic rings. The molecule has 0 bridgehead atoms. The monoisotopic (exact) mass is 234 g/mol. The van der Waals surface area contributed by atoms with Crippen molar-refractivity contribution in [3.63, 3.8) is 0 Å². The molecule has 0 fully saturated rings. The number of hydrogen-bond acceptors (Lipinski definition) is 0. The molecule has 18 heavy (non-hydrogen) atoms. The van der Waals surface area contributed by atoms with Gasteiger partial charge in [0.15, 0.2) is 0 Å². The molecule has 0 unspecified atom stereocenters. The maximum Gasteiger partial charge on any atom is -0.0184 e. The van der Waals surface area contributed by atoms with Crippen molar-refractivity contribution in [1.29, 1.82) is 0 Å². The first kappa shape index (κ1) is 12.4. The van der Waals surface area contributed by atoms with Gasteiger partial charge in [0, 0.05) is 0 Å². The van der Waals surface area contributed by atoms with Gasteiger partial charge in [-0.2, -0.15) is 0 Å². The van der Waals surface area contributed by atoms with Gasteiger partial charge in [0.05, 0.1) is 0 Å². The molecule has 0 aliphatic carbocycles. The number of rotatable bonds is 3. The van der Waals surface area contributed by atoms with E-state index in [1.54, 1.807) is 0 Å². The normalized spacial score (nSPS) is 11.4. The van der Waals surface area contributed by atoms with Crippen LogP contribution in [0, 0.1) is 0 Å². The zero-order valence-electron chi connectivity index (χ0n) is 10.9. The Balaban J connectivity index is 2.25. The van der Waals surface area contributed by atoms with E-state index in [0.29, 0.717) is 0 Å². The first-order valence-electron chi connectivity index (χ1n) is 6.29. The third-order valence-electron chi connectivity index (χ3n) is 2.87. The molecule has 0 N–H and O–H groups in total. The molecule has 0 aliphatic rings. The predicted molar refractivity (Wildman–Crippen MR) is 81.3 cm³/mol. The summed E-state index contributed by atoms with van der Waals surface area (Å²) in [4.78, 5) is 0. The van der Waals surface area contributed by atoms with Crippen molar-refractivity contribution in [2.75, 3.05) is 0 Å². The van der Waals surface area contributed by atoms with Crippen molar-refractivity contribution in [1.82, 2.24) is 0 Å². The van der Waals surface area contributed by atoms with Crippen molar-refractivity contribution in [3.05, 3.63) is 71.8 Å². The van der Waals surface area contributed by atoms with Crippen molar-refractivity contribution in [3.8, 4) is 11.1 Å². The van der Waals surface area contributed by atoms with Crippen molar-refractivity contribution >= 4 is 12.2 Å². The second-order valence-corrected chi connectivity index (χ2v) is 4.24. The standard InChI is InChI=1S/C18H18/c1-3-5-15-7-11-17(12-8-15)18-13-9-16(6-4-2)10-14-18/h3-14H,1-2H3. The SMILES string of the molecule is CC=Cc1ccc(-c2ccc(C=CC)cc2)cc1. The Morgan fingerprint density at radius 2 is 0.889 bits per heavy atom. The average Bonchev–Trinajstić information content (AvgIpc) is 2.41. The summed E-state index contributed by atoms with van der Waals surface area (Å²) in [5.41, 5.74) is 5.00. The first-order chi connectivity index (χ1) is 8.83. The molecule has 0 saturated heterocycles. The summed E-state index contributed by atoms with van der Waals surface area (Å²) in [6.45, 7) is 4.07. The lowest BCUT2D eigenvalue weighted by Gasteiger charge is -2.03. The first-order valence-corrected chi connectivity index (χ1v) is 6.29. The summed E-state index contributed by atoms with van der Waals surface area (Å²) in [7, 11) is 0. The molecule has 0 heteroatoms. The fourth-order valence-corrected chi connectivity index (χ4v) is 1.96. The Kier molecular flexibility index (Phi) is 4.14. The van der Waals surface area contributed by atoms with Crippen LogP contribution in [-0.4, -0.2) is 0 Å². The van der Waals surface area contributed by atoms with Crippen molar-refractivity contribution in [2.45, 2.75) is 13.8 Å². The Morgan fingerprint density at radius 1 is 0.556 bits per heavy atom. The highest BCUT2D eigenvalue weighted by atomic mass is 14.0. The Morgan fingerprint density at radius 3 is 1.17 bits per heavy atom. The van der Waals surface area contributed by atoms with E-state index in [2.05, 4.69) is 72.8 Å². The summed E-state index contributed by atoms with van der Waals surface area (Å²) in [5, 5.41) is 0. The lowest BCUT2D eigenvalue weighted by Crippen LogP contribution is -1.79. The minimum Gasteiger partial charge on any atom is -0.0871 e. The van der Waals surface area contributed by atoms with Crippen LogP contribution in [0.4, 0.5) is 0 Å². The molecular formula is C18H18. The van der Waals surface area contributed by atoms with Crippen LogP contribution in [0.3, 0.4) is 0 Å². The molecule has 0 aliphatic heterocycles. The van der Waals surface area contributed by atoms with Crippen molar-refractivity contribution in [2.24, 2.45) is 0 Å². The highest BCUT2D eigenvalue weighted by molar-refractivity contribution is 5.67.